The number of nitrogens with zero attached hydrogens (tertiary/aromatic N) is 2. The summed E-state index contributed by atoms with van der Waals surface area (Å²) < 4.78 is 0. The Labute approximate surface area is 47.0 Å². The maximum atomic E-state index is 8.42. The highest BCUT2D eigenvalue weighted by molar-refractivity contribution is 4.95. The highest BCUT2D eigenvalue weighted by Gasteiger charge is 1.84. The fourth-order valence-corrected chi connectivity index (χ4v) is 0.378. The van der Waals surface area contributed by atoms with Crippen LogP contribution in [0.2, 0.25) is 0 Å². The van der Waals surface area contributed by atoms with E-state index in [1.807, 2.05) is 0 Å². The van der Waals surface area contributed by atoms with Crippen molar-refractivity contribution in [2.45, 2.75) is 6.61 Å². The Hall–Kier alpha value is -0.960. The van der Waals surface area contributed by atoms with E-state index in [0.717, 1.165) is 0 Å². The third-order valence-electron chi connectivity index (χ3n) is 0.748. The molecule has 0 unspecified atom stereocenters. The zero-order valence-corrected chi connectivity index (χ0v) is 4.20. The summed E-state index contributed by atoms with van der Waals surface area (Å²) in [6.45, 7) is -0.0539. The molecule has 41 valence electrons. The van der Waals surface area contributed by atoms with Crippen LogP contribution in [-0.4, -0.2) is 15.3 Å². The molecule has 0 saturated heterocycles. The standard InChI is InChI=1S/C5H5N2O/c8-4-5-2-1-3-6-7-5/h1-2,8H,4H2. The van der Waals surface area contributed by atoms with Crippen LogP contribution in [-0.2, 0) is 6.61 Å². The second-order valence-electron chi connectivity index (χ2n) is 1.31. The average Bonchev–Trinajstić information content (AvgIpc) is 1.90. The van der Waals surface area contributed by atoms with E-state index >= 15 is 0 Å². The molecule has 1 aromatic heterocycles. The van der Waals surface area contributed by atoms with E-state index in [4.69, 9.17) is 5.11 Å². The first kappa shape index (κ1) is 5.18. The van der Waals surface area contributed by atoms with Crippen molar-refractivity contribution in [2.24, 2.45) is 0 Å². The smallest absolute Gasteiger partial charge is 0.113 e. The third-order valence-corrected chi connectivity index (χ3v) is 0.748. The lowest BCUT2D eigenvalue weighted by Gasteiger charge is -1.86. The van der Waals surface area contributed by atoms with Gasteiger partial charge in [-0.2, -0.15) is 5.10 Å². The number of aromatic nitrogens is 2. The summed E-state index contributed by atoms with van der Waals surface area (Å²) in [4.78, 5) is 0. The van der Waals surface area contributed by atoms with Crippen LogP contribution in [0.4, 0.5) is 0 Å². The van der Waals surface area contributed by atoms with E-state index in [1.165, 1.54) is 0 Å². The third kappa shape index (κ3) is 1.01. The van der Waals surface area contributed by atoms with E-state index in [2.05, 4.69) is 16.4 Å². The average molecular weight is 109 g/mol. The Balaban J connectivity index is 2.83. The SMILES string of the molecule is OCc1cc[c]nn1. The number of aliphatic hydroxyl groups excluding tert-OH is 1. The molecule has 0 fully saturated rings. The Morgan fingerprint density at radius 2 is 2.62 bits per heavy atom. The van der Waals surface area contributed by atoms with Gasteiger partial charge in [-0.05, 0) is 12.1 Å². The quantitative estimate of drug-likeness (QED) is 0.541. The van der Waals surface area contributed by atoms with Crippen LogP contribution >= 0.6 is 0 Å². The normalized spacial score (nSPS) is 9.12. The zero-order chi connectivity index (χ0) is 5.82. The van der Waals surface area contributed by atoms with Crippen LogP contribution in [0.5, 0.6) is 0 Å². The molecule has 0 bridgehead atoms. The monoisotopic (exact) mass is 109 g/mol. The lowest BCUT2D eigenvalue weighted by atomic mass is 10.4. The molecule has 3 nitrogen and oxygen atoms in total. The van der Waals surface area contributed by atoms with Crippen LogP contribution in [0, 0.1) is 6.20 Å². The van der Waals surface area contributed by atoms with Gasteiger partial charge in [0.2, 0.25) is 0 Å². The number of hydrogen-bond donors (Lipinski definition) is 1. The lowest BCUT2D eigenvalue weighted by Crippen LogP contribution is -1.88. The molecular formula is C5H5N2O. The summed E-state index contributed by atoms with van der Waals surface area (Å²) in [5, 5.41) is 15.4. The summed E-state index contributed by atoms with van der Waals surface area (Å²) in [5.74, 6) is 0. The van der Waals surface area contributed by atoms with Gasteiger partial charge in [0, 0.05) is 0 Å². The Morgan fingerprint density at radius 3 is 3.00 bits per heavy atom. The molecule has 3 heteroatoms. The molecule has 8 heavy (non-hydrogen) atoms. The zero-order valence-electron chi connectivity index (χ0n) is 4.20. The van der Waals surface area contributed by atoms with Gasteiger partial charge in [-0.25, -0.2) is 0 Å². The molecule has 0 atom stereocenters. The van der Waals surface area contributed by atoms with Crippen molar-refractivity contribution >= 4 is 0 Å². The predicted octanol–water partition coefficient (Wildman–Crippen LogP) is -0.231. The molecule has 1 radical (unpaired) electrons. The molecule has 0 amide bonds. The second-order valence-corrected chi connectivity index (χ2v) is 1.31. The molecule has 1 rings (SSSR count). The fourth-order valence-electron chi connectivity index (χ4n) is 0.378. The van der Waals surface area contributed by atoms with Gasteiger partial charge in [-0.1, -0.05) is 0 Å². The molecule has 0 spiro atoms. The summed E-state index contributed by atoms with van der Waals surface area (Å²) in [6, 6.07) is 3.27. The van der Waals surface area contributed by atoms with Crippen molar-refractivity contribution in [3.8, 4) is 0 Å². The van der Waals surface area contributed by atoms with E-state index in [9.17, 15) is 0 Å². The molecule has 0 aliphatic carbocycles. The summed E-state index contributed by atoms with van der Waals surface area (Å²) >= 11 is 0. The molecule has 1 heterocycles. The van der Waals surface area contributed by atoms with Gasteiger partial charge in [0.15, 0.2) is 0 Å². The Morgan fingerprint density at radius 1 is 1.75 bits per heavy atom. The summed E-state index contributed by atoms with van der Waals surface area (Å²) in [6.07, 6.45) is 2.49. The minimum atomic E-state index is -0.0539. The molecule has 0 aliphatic rings. The number of aliphatic hydroxyl groups is 1. The van der Waals surface area contributed by atoms with E-state index in [-0.39, 0.29) is 6.61 Å². The van der Waals surface area contributed by atoms with Gasteiger partial charge in [0.1, 0.15) is 6.20 Å². The highest BCUT2D eigenvalue weighted by atomic mass is 16.3. The van der Waals surface area contributed by atoms with E-state index < -0.39 is 0 Å². The van der Waals surface area contributed by atoms with Crippen LogP contribution < -0.4 is 0 Å². The largest absolute Gasteiger partial charge is 0.390 e. The van der Waals surface area contributed by atoms with Crippen molar-refractivity contribution in [3.05, 3.63) is 24.0 Å². The highest BCUT2D eigenvalue weighted by Crippen LogP contribution is 1.86. The summed E-state index contributed by atoms with van der Waals surface area (Å²) in [5.41, 5.74) is 0.573. The maximum absolute atomic E-state index is 8.42. The first-order valence-electron chi connectivity index (χ1n) is 2.23. The Kier molecular flexibility index (Phi) is 1.54. The fraction of sp³-hybridized carbons (Fsp3) is 0.200. The lowest BCUT2D eigenvalue weighted by molar-refractivity contribution is 0.275. The Bertz CT molecular complexity index is 152. The molecule has 1 aromatic rings. The first-order chi connectivity index (χ1) is 3.93. The van der Waals surface area contributed by atoms with E-state index in [1.54, 1.807) is 12.1 Å². The molecule has 0 aliphatic heterocycles. The van der Waals surface area contributed by atoms with Crippen LogP contribution in [0.1, 0.15) is 5.69 Å². The van der Waals surface area contributed by atoms with Gasteiger partial charge < -0.3 is 5.11 Å². The van der Waals surface area contributed by atoms with Crippen LogP contribution in [0.3, 0.4) is 0 Å². The number of rotatable bonds is 1. The van der Waals surface area contributed by atoms with Gasteiger partial charge in [-0.3, -0.25) is 0 Å². The minimum absolute atomic E-state index is 0.0539. The van der Waals surface area contributed by atoms with Crippen molar-refractivity contribution in [1.82, 2.24) is 10.2 Å². The molecular weight excluding hydrogens is 104 g/mol. The predicted molar refractivity (Wildman–Crippen MR) is 26.8 cm³/mol. The second kappa shape index (κ2) is 2.37. The van der Waals surface area contributed by atoms with Crippen molar-refractivity contribution < 1.29 is 5.11 Å². The summed E-state index contributed by atoms with van der Waals surface area (Å²) in [7, 11) is 0. The molecule has 0 saturated carbocycles. The van der Waals surface area contributed by atoms with Gasteiger partial charge in [0.25, 0.3) is 0 Å². The van der Waals surface area contributed by atoms with Gasteiger partial charge in [0.05, 0.1) is 12.3 Å². The minimum Gasteiger partial charge on any atom is -0.390 e. The van der Waals surface area contributed by atoms with Crippen LogP contribution in [0.25, 0.3) is 0 Å². The molecule has 0 aromatic carbocycles. The van der Waals surface area contributed by atoms with Crippen molar-refractivity contribution in [3.63, 3.8) is 0 Å². The topological polar surface area (TPSA) is 46.0 Å². The van der Waals surface area contributed by atoms with E-state index in [0.29, 0.717) is 5.69 Å². The van der Waals surface area contributed by atoms with Crippen molar-refractivity contribution in [2.75, 3.05) is 0 Å². The number of hydrogen-bond acceptors (Lipinski definition) is 3. The van der Waals surface area contributed by atoms with Gasteiger partial charge in [-0.15, -0.1) is 5.10 Å². The maximum Gasteiger partial charge on any atom is 0.113 e. The first-order valence-corrected chi connectivity index (χ1v) is 2.23. The van der Waals surface area contributed by atoms with Gasteiger partial charge >= 0.3 is 0 Å². The van der Waals surface area contributed by atoms with Crippen molar-refractivity contribution in [1.29, 1.82) is 0 Å². The molecule has 1 N–H and O–H groups in total. The van der Waals surface area contributed by atoms with Crippen LogP contribution in [0.15, 0.2) is 12.1 Å².